The maximum absolute atomic E-state index is 5.84. The maximum Gasteiger partial charge on any atom is 0.138 e. The zero-order chi connectivity index (χ0) is 13.9. The van der Waals surface area contributed by atoms with Gasteiger partial charge in [-0.3, -0.25) is 0 Å². The van der Waals surface area contributed by atoms with Crippen LogP contribution in [0, 0.1) is 0 Å². The van der Waals surface area contributed by atoms with E-state index in [1.807, 2.05) is 0 Å². The van der Waals surface area contributed by atoms with Crippen molar-refractivity contribution in [1.82, 2.24) is 9.97 Å². The molecule has 1 aliphatic heterocycles. The molecule has 0 bridgehead atoms. The van der Waals surface area contributed by atoms with Crippen LogP contribution in [0.25, 0.3) is 0 Å². The number of nitrogens with one attached hydrogen (secondary N) is 1. The smallest absolute Gasteiger partial charge is 0.138 e. The first-order chi connectivity index (χ1) is 8.95. The largest absolute Gasteiger partial charge is 0.384 e. The zero-order valence-corrected chi connectivity index (χ0v) is 12.1. The summed E-state index contributed by atoms with van der Waals surface area (Å²) in [5.41, 5.74) is 5.74. The van der Waals surface area contributed by atoms with Gasteiger partial charge in [0.2, 0.25) is 0 Å². The van der Waals surface area contributed by atoms with Gasteiger partial charge in [-0.15, -0.1) is 0 Å². The Morgan fingerprint density at radius 1 is 1.37 bits per heavy atom. The van der Waals surface area contributed by atoms with Crippen LogP contribution in [0.5, 0.6) is 0 Å². The van der Waals surface area contributed by atoms with Crippen LogP contribution in [-0.4, -0.2) is 29.2 Å². The predicted octanol–water partition coefficient (Wildman–Crippen LogP) is 2.34. The average molecular weight is 264 g/mol. The number of hydrogen-bond donors (Lipinski definition) is 2. The molecule has 5 nitrogen and oxygen atoms in total. The van der Waals surface area contributed by atoms with Crippen molar-refractivity contribution in [2.45, 2.75) is 51.6 Å². The van der Waals surface area contributed by atoms with E-state index in [2.05, 4.69) is 36.1 Å². The summed E-state index contributed by atoms with van der Waals surface area (Å²) in [7, 11) is 0. The quantitative estimate of drug-likeness (QED) is 0.876. The Bertz CT molecular complexity index is 422. The second-order valence-corrected chi connectivity index (χ2v) is 6.12. The highest BCUT2D eigenvalue weighted by Gasteiger charge is 2.19. The van der Waals surface area contributed by atoms with Crippen LogP contribution >= 0.6 is 0 Å². The summed E-state index contributed by atoms with van der Waals surface area (Å²) in [5, 5.41) is 3.31. The van der Waals surface area contributed by atoms with E-state index in [4.69, 9.17) is 10.5 Å². The van der Waals surface area contributed by atoms with Crippen LogP contribution in [0.3, 0.4) is 0 Å². The Kier molecular flexibility index (Phi) is 4.24. The fourth-order valence-electron chi connectivity index (χ4n) is 2.08. The molecule has 1 saturated heterocycles. The van der Waals surface area contributed by atoms with Crippen molar-refractivity contribution < 1.29 is 4.74 Å². The van der Waals surface area contributed by atoms with E-state index in [-0.39, 0.29) is 11.5 Å². The molecule has 0 spiro atoms. The van der Waals surface area contributed by atoms with Crippen molar-refractivity contribution in [2.24, 2.45) is 0 Å². The Hall–Kier alpha value is -1.36. The number of ether oxygens (including phenoxy) is 1. The third-order valence-electron chi connectivity index (χ3n) is 3.20. The van der Waals surface area contributed by atoms with Gasteiger partial charge in [-0.2, -0.15) is 0 Å². The molecule has 0 aliphatic carbocycles. The molecular weight excluding hydrogens is 240 g/mol. The van der Waals surface area contributed by atoms with Gasteiger partial charge in [0.15, 0.2) is 0 Å². The van der Waals surface area contributed by atoms with Gasteiger partial charge in [-0.1, -0.05) is 20.8 Å². The Labute approximate surface area is 115 Å². The maximum atomic E-state index is 5.84. The van der Waals surface area contributed by atoms with E-state index in [9.17, 15) is 0 Å². The van der Waals surface area contributed by atoms with Crippen LogP contribution in [-0.2, 0) is 10.2 Å². The predicted molar refractivity (Wildman–Crippen MR) is 77.2 cm³/mol. The lowest BCUT2D eigenvalue weighted by Gasteiger charge is -2.23. The summed E-state index contributed by atoms with van der Waals surface area (Å²) in [4.78, 5) is 8.83. The Balaban J connectivity index is 2.01. The van der Waals surface area contributed by atoms with E-state index >= 15 is 0 Å². The number of rotatable bonds is 3. The standard InChI is InChI=1S/C14H24N4O/c1-14(2,3)13-17-11(15)8-12(18-13)16-9-10-6-4-5-7-19-10/h8,10H,4-7,9H2,1-3H3,(H3,15,16,17,18). The number of nitrogens with two attached hydrogens (primary N) is 1. The molecular formula is C14H24N4O. The molecule has 1 aliphatic rings. The molecule has 2 heterocycles. The van der Waals surface area contributed by atoms with Gasteiger partial charge in [0.25, 0.3) is 0 Å². The lowest BCUT2D eigenvalue weighted by molar-refractivity contribution is 0.0247. The normalized spacial score (nSPS) is 20.3. The third-order valence-corrected chi connectivity index (χ3v) is 3.20. The highest BCUT2D eigenvalue weighted by atomic mass is 16.5. The van der Waals surface area contributed by atoms with Gasteiger partial charge in [-0.25, -0.2) is 9.97 Å². The van der Waals surface area contributed by atoms with Gasteiger partial charge < -0.3 is 15.8 Å². The van der Waals surface area contributed by atoms with Crippen LogP contribution in [0.4, 0.5) is 11.6 Å². The van der Waals surface area contributed by atoms with E-state index < -0.39 is 0 Å². The number of nitrogen functional groups attached to an aromatic ring is 1. The molecule has 0 radical (unpaired) electrons. The van der Waals surface area contributed by atoms with Crippen molar-refractivity contribution in [1.29, 1.82) is 0 Å². The SMILES string of the molecule is CC(C)(C)c1nc(N)cc(NCC2CCCCO2)n1. The number of nitrogens with zero attached hydrogens (tertiary/aromatic N) is 2. The zero-order valence-electron chi connectivity index (χ0n) is 12.1. The Morgan fingerprint density at radius 2 is 2.16 bits per heavy atom. The monoisotopic (exact) mass is 264 g/mol. The molecule has 0 saturated carbocycles. The molecule has 106 valence electrons. The van der Waals surface area contributed by atoms with Gasteiger partial charge in [0.05, 0.1) is 6.10 Å². The number of hydrogen-bond acceptors (Lipinski definition) is 5. The summed E-state index contributed by atoms with van der Waals surface area (Å²) in [6.07, 6.45) is 3.80. The lowest BCUT2D eigenvalue weighted by Crippen LogP contribution is -2.27. The van der Waals surface area contributed by atoms with E-state index in [0.717, 1.165) is 31.2 Å². The Morgan fingerprint density at radius 3 is 2.79 bits per heavy atom. The molecule has 2 rings (SSSR count). The van der Waals surface area contributed by atoms with E-state index in [0.29, 0.717) is 5.82 Å². The highest BCUT2D eigenvalue weighted by Crippen LogP contribution is 2.21. The van der Waals surface area contributed by atoms with E-state index in [1.165, 1.54) is 12.8 Å². The number of aromatic nitrogens is 2. The first kappa shape index (κ1) is 14.1. The van der Waals surface area contributed by atoms with Crippen molar-refractivity contribution in [2.75, 3.05) is 24.2 Å². The van der Waals surface area contributed by atoms with Crippen LogP contribution < -0.4 is 11.1 Å². The highest BCUT2D eigenvalue weighted by molar-refractivity contribution is 5.45. The minimum absolute atomic E-state index is 0.104. The summed E-state index contributed by atoms with van der Waals surface area (Å²) < 4.78 is 5.69. The summed E-state index contributed by atoms with van der Waals surface area (Å²) in [6.45, 7) is 7.88. The second kappa shape index (κ2) is 5.74. The fourth-order valence-corrected chi connectivity index (χ4v) is 2.08. The number of anilines is 2. The van der Waals surface area contributed by atoms with Gasteiger partial charge in [-0.05, 0) is 19.3 Å². The van der Waals surface area contributed by atoms with Gasteiger partial charge in [0, 0.05) is 24.6 Å². The average Bonchev–Trinajstić information content (AvgIpc) is 2.36. The molecule has 19 heavy (non-hydrogen) atoms. The molecule has 0 amide bonds. The van der Waals surface area contributed by atoms with Crippen LogP contribution in [0.2, 0.25) is 0 Å². The summed E-state index contributed by atoms with van der Waals surface area (Å²) in [5.74, 6) is 2.05. The molecule has 1 aromatic rings. The minimum atomic E-state index is -0.104. The van der Waals surface area contributed by atoms with Crippen LogP contribution in [0.15, 0.2) is 6.07 Å². The van der Waals surface area contributed by atoms with E-state index in [1.54, 1.807) is 6.07 Å². The molecule has 3 N–H and O–H groups in total. The fraction of sp³-hybridized carbons (Fsp3) is 0.714. The first-order valence-electron chi connectivity index (χ1n) is 6.95. The van der Waals surface area contributed by atoms with Crippen molar-refractivity contribution >= 4 is 11.6 Å². The molecule has 1 unspecified atom stereocenters. The van der Waals surface area contributed by atoms with Crippen molar-refractivity contribution in [3.8, 4) is 0 Å². The summed E-state index contributed by atoms with van der Waals surface area (Å²) in [6, 6.07) is 1.78. The molecule has 1 aromatic heterocycles. The lowest BCUT2D eigenvalue weighted by atomic mass is 9.96. The van der Waals surface area contributed by atoms with Crippen molar-refractivity contribution in [3.63, 3.8) is 0 Å². The van der Waals surface area contributed by atoms with Gasteiger partial charge in [0.1, 0.15) is 17.5 Å². The molecule has 5 heteroatoms. The third kappa shape index (κ3) is 4.06. The summed E-state index contributed by atoms with van der Waals surface area (Å²) >= 11 is 0. The van der Waals surface area contributed by atoms with Crippen molar-refractivity contribution in [3.05, 3.63) is 11.9 Å². The van der Waals surface area contributed by atoms with Gasteiger partial charge >= 0.3 is 0 Å². The van der Waals surface area contributed by atoms with Crippen LogP contribution in [0.1, 0.15) is 45.9 Å². The topological polar surface area (TPSA) is 73.1 Å². The second-order valence-electron chi connectivity index (χ2n) is 6.12. The molecule has 0 aromatic carbocycles. The first-order valence-corrected chi connectivity index (χ1v) is 6.95. The molecule has 1 fully saturated rings. The molecule has 1 atom stereocenters. The minimum Gasteiger partial charge on any atom is -0.384 e.